The van der Waals surface area contributed by atoms with Gasteiger partial charge in [-0.1, -0.05) is 0 Å². The molecule has 0 unspecified atom stereocenters. The van der Waals surface area contributed by atoms with Crippen LogP contribution in [0.4, 0.5) is 8.78 Å². The molecule has 0 saturated carbocycles. The molecular weight excluding hydrogens is 282 g/mol. The van der Waals surface area contributed by atoms with Gasteiger partial charge in [-0.2, -0.15) is 0 Å². The number of benzene rings is 1. The van der Waals surface area contributed by atoms with Gasteiger partial charge in [0.25, 0.3) is 0 Å². The van der Waals surface area contributed by atoms with Crippen LogP contribution in [0.5, 0.6) is 0 Å². The molecular formula is C7H4Br2F2. The Labute approximate surface area is 79.9 Å². The fourth-order valence-electron chi connectivity index (χ4n) is 0.666. The Bertz CT molecular complexity index is 273. The fourth-order valence-corrected chi connectivity index (χ4v) is 1.37. The lowest BCUT2D eigenvalue weighted by molar-refractivity contribution is 0.463. The fraction of sp³-hybridized carbons (Fsp3) is 0.143. The molecule has 1 rings (SSSR count). The Morgan fingerprint density at radius 3 is 2.27 bits per heavy atom. The molecule has 0 radical (unpaired) electrons. The van der Waals surface area contributed by atoms with E-state index in [2.05, 4.69) is 31.9 Å². The first-order chi connectivity index (χ1) is 5.15. The third-order valence-electron chi connectivity index (χ3n) is 1.23. The van der Waals surface area contributed by atoms with E-state index in [1.54, 1.807) is 0 Å². The molecule has 0 amide bonds. The van der Waals surface area contributed by atoms with E-state index in [4.69, 9.17) is 0 Å². The molecule has 0 aromatic heterocycles. The van der Waals surface area contributed by atoms with Gasteiger partial charge in [-0.3, -0.25) is 0 Å². The van der Waals surface area contributed by atoms with Gasteiger partial charge in [0.05, 0.1) is 0 Å². The lowest BCUT2D eigenvalue weighted by Crippen LogP contribution is -1.86. The summed E-state index contributed by atoms with van der Waals surface area (Å²) in [6, 6.07) is 2.65. The highest BCUT2D eigenvalue weighted by molar-refractivity contribution is 9.13. The predicted molar refractivity (Wildman–Crippen MR) is 46.6 cm³/mol. The van der Waals surface area contributed by atoms with Gasteiger partial charge in [-0.15, -0.1) is 0 Å². The molecule has 0 bridgehead atoms. The second-order valence-corrected chi connectivity index (χ2v) is 3.70. The molecule has 0 N–H and O–H groups in total. The Morgan fingerprint density at radius 1 is 1.18 bits per heavy atom. The van der Waals surface area contributed by atoms with Crippen molar-refractivity contribution in [2.45, 2.75) is 6.67 Å². The Hall–Kier alpha value is 0.0400. The minimum atomic E-state index is -0.780. The van der Waals surface area contributed by atoms with E-state index in [0.29, 0.717) is 8.95 Å². The van der Waals surface area contributed by atoms with Gasteiger partial charge in [0.2, 0.25) is 0 Å². The highest BCUT2D eigenvalue weighted by atomic mass is 79.9. The van der Waals surface area contributed by atoms with Crippen LogP contribution in [0.1, 0.15) is 5.56 Å². The van der Waals surface area contributed by atoms with Gasteiger partial charge in [0.15, 0.2) is 0 Å². The summed E-state index contributed by atoms with van der Waals surface area (Å²) in [4.78, 5) is 0. The van der Waals surface area contributed by atoms with Crippen LogP contribution in [0.25, 0.3) is 0 Å². The maximum Gasteiger partial charge on any atom is 0.130 e. The second-order valence-electron chi connectivity index (χ2n) is 1.99. The van der Waals surface area contributed by atoms with Crippen molar-refractivity contribution in [1.82, 2.24) is 0 Å². The molecule has 0 fully saturated rings. The van der Waals surface area contributed by atoms with Crippen molar-refractivity contribution in [1.29, 1.82) is 0 Å². The van der Waals surface area contributed by atoms with Crippen LogP contribution in [-0.2, 0) is 6.67 Å². The monoisotopic (exact) mass is 284 g/mol. The molecule has 0 spiro atoms. The number of rotatable bonds is 1. The Morgan fingerprint density at radius 2 is 1.73 bits per heavy atom. The average Bonchev–Trinajstić information content (AvgIpc) is 1.97. The maximum absolute atomic E-state index is 12.7. The second kappa shape index (κ2) is 3.63. The van der Waals surface area contributed by atoms with E-state index in [0.717, 1.165) is 0 Å². The first-order valence-corrected chi connectivity index (χ1v) is 4.43. The quantitative estimate of drug-likeness (QED) is 0.688. The van der Waals surface area contributed by atoms with Crippen molar-refractivity contribution in [2.24, 2.45) is 0 Å². The summed E-state index contributed by atoms with van der Waals surface area (Å²) >= 11 is 6.24. The molecule has 0 nitrogen and oxygen atoms in total. The van der Waals surface area contributed by atoms with Crippen LogP contribution in [0, 0.1) is 5.82 Å². The standard InChI is InChI=1S/C7H4Br2F2/c8-5-1-4(3-10)7(11)2-6(5)9/h1-2H,3H2. The van der Waals surface area contributed by atoms with E-state index in [1.807, 2.05) is 0 Å². The van der Waals surface area contributed by atoms with Gasteiger partial charge in [-0.25, -0.2) is 8.78 Å². The van der Waals surface area contributed by atoms with E-state index in [1.165, 1.54) is 12.1 Å². The summed E-state index contributed by atoms with van der Waals surface area (Å²) in [7, 11) is 0. The van der Waals surface area contributed by atoms with Crippen LogP contribution in [-0.4, -0.2) is 0 Å². The van der Waals surface area contributed by atoms with Crippen molar-refractivity contribution in [3.8, 4) is 0 Å². The molecule has 0 aliphatic carbocycles. The van der Waals surface area contributed by atoms with Crippen LogP contribution in [0.2, 0.25) is 0 Å². The Kier molecular flexibility index (Phi) is 3.01. The zero-order valence-corrected chi connectivity index (χ0v) is 8.55. The highest BCUT2D eigenvalue weighted by Gasteiger charge is 2.05. The molecule has 0 saturated heterocycles. The molecule has 60 valence electrons. The molecule has 11 heavy (non-hydrogen) atoms. The third kappa shape index (κ3) is 1.99. The number of alkyl halides is 1. The van der Waals surface area contributed by atoms with Crippen molar-refractivity contribution in [2.75, 3.05) is 0 Å². The number of hydrogen-bond donors (Lipinski definition) is 0. The summed E-state index contributed by atoms with van der Waals surface area (Å²) in [5, 5.41) is 0. The van der Waals surface area contributed by atoms with E-state index < -0.39 is 12.5 Å². The normalized spacial score (nSPS) is 10.2. The van der Waals surface area contributed by atoms with Crippen molar-refractivity contribution >= 4 is 31.9 Å². The minimum absolute atomic E-state index is 0.0695. The van der Waals surface area contributed by atoms with E-state index in [9.17, 15) is 8.78 Å². The zero-order chi connectivity index (χ0) is 8.43. The first-order valence-electron chi connectivity index (χ1n) is 2.84. The third-order valence-corrected chi connectivity index (χ3v) is 3.08. The lowest BCUT2D eigenvalue weighted by Gasteiger charge is -2.00. The van der Waals surface area contributed by atoms with Crippen LogP contribution < -0.4 is 0 Å². The average molecular weight is 286 g/mol. The molecule has 1 aromatic rings. The molecule has 0 aliphatic heterocycles. The topological polar surface area (TPSA) is 0 Å². The van der Waals surface area contributed by atoms with Crippen LogP contribution in [0.3, 0.4) is 0 Å². The van der Waals surface area contributed by atoms with Crippen LogP contribution >= 0.6 is 31.9 Å². The summed E-state index contributed by atoms with van der Waals surface area (Å²) in [5.41, 5.74) is 0.0695. The van der Waals surface area contributed by atoms with Crippen molar-refractivity contribution < 1.29 is 8.78 Å². The largest absolute Gasteiger partial charge is 0.246 e. The van der Waals surface area contributed by atoms with Crippen molar-refractivity contribution in [3.63, 3.8) is 0 Å². The molecule has 0 aliphatic rings. The van der Waals surface area contributed by atoms with Crippen LogP contribution in [0.15, 0.2) is 21.1 Å². The SMILES string of the molecule is FCc1cc(Br)c(Br)cc1F. The molecule has 0 heterocycles. The number of hydrogen-bond acceptors (Lipinski definition) is 0. The van der Waals surface area contributed by atoms with Gasteiger partial charge in [0.1, 0.15) is 12.5 Å². The summed E-state index contributed by atoms with van der Waals surface area (Å²) in [6.07, 6.45) is 0. The molecule has 0 atom stereocenters. The van der Waals surface area contributed by atoms with Gasteiger partial charge < -0.3 is 0 Å². The first kappa shape index (κ1) is 9.13. The summed E-state index contributed by atoms with van der Waals surface area (Å²) in [6.45, 7) is -0.780. The minimum Gasteiger partial charge on any atom is -0.246 e. The van der Waals surface area contributed by atoms with Gasteiger partial charge >= 0.3 is 0 Å². The lowest BCUT2D eigenvalue weighted by atomic mass is 10.2. The van der Waals surface area contributed by atoms with E-state index >= 15 is 0 Å². The summed E-state index contributed by atoms with van der Waals surface area (Å²) in [5.74, 6) is -0.525. The Balaban J connectivity index is 3.21. The smallest absolute Gasteiger partial charge is 0.130 e. The number of halogens is 4. The molecule has 1 aromatic carbocycles. The van der Waals surface area contributed by atoms with Gasteiger partial charge in [0, 0.05) is 14.5 Å². The zero-order valence-electron chi connectivity index (χ0n) is 5.37. The maximum atomic E-state index is 12.7. The highest BCUT2D eigenvalue weighted by Crippen LogP contribution is 2.26. The van der Waals surface area contributed by atoms with E-state index in [-0.39, 0.29) is 5.56 Å². The molecule has 4 heteroatoms. The summed E-state index contributed by atoms with van der Waals surface area (Å²) < 4.78 is 26.0. The van der Waals surface area contributed by atoms with Crippen molar-refractivity contribution in [3.05, 3.63) is 32.5 Å². The van der Waals surface area contributed by atoms with Gasteiger partial charge in [-0.05, 0) is 44.0 Å². The predicted octanol–water partition coefficient (Wildman–Crippen LogP) is 3.82.